The first-order valence-corrected chi connectivity index (χ1v) is 7.70. The highest BCUT2D eigenvalue weighted by Crippen LogP contribution is 2.59. The number of hydrogen-bond acceptors (Lipinski definition) is 3. The smallest absolute Gasteiger partial charge is 0.241 e. The molecule has 1 saturated carbocycles. The molecule has 1 aromatic rings. The molecule has 21 heavy (non-hydrogen) atoms. The van der Waals surface area contributed by atoms with E-state index in [4.69, 9.17) is 5.73 Å². The van der Waals surface area contributed by atoms with Gasteiger partial charge in [-0.05, 0) is 36.5 Å². The van der Waals surface area contributed by atoms with Gasteiger partial charge in [-0.25, -0.2) is 0 Å². The summed E-state index contributed by atoms with van der Waals surface area (Å²) in [7, 11) is 0. The Morgan fingerprint density at radius 3 is 3.00 bits per heavy atom. The van der Waals surface area contributed by atoms with E-state index >= 15 is 0 Å². The molecule has 0 aromatic carbocycles. The molecule has 1 aromatic heterocycles. The SMILES string of the molecule is CC1(C)[C@H]2CC=C(CCNC(=O)Cn3cc(N)cn3)[C@@H]1C2. The molecular weight excluding hydrogens is 264 g/mol. The molecule has 1 heterocycles. The van der Waals surface area contributed by atoms with Gasteiger partial charge in [0.15, 0.2) is 0 Å². The third-order valence-corrected chi connectivity index (χ3v) is 5.28. The van der Waals surface area contributed by atoms with Crippen LogP contribution < -0.4 is 11.1 Å². The number of fused-ring (bicyclic) bond motifs is 1. The number of nitrogen functional groups attached to an aromatic ring is 1. The van der Waals surface area contributed by atoms with Gasteiger partial charge in [0.05, 0.1) is 11.9 Å². The van der Waals surface area contributed by atoms with Gasteiger partial charge in [0.2, 0.25) is 5.91 Å². The van der Waals surface area contributed by atoms with E-state index in [9.17, 15) is 4.79 Å². The molecule has 5 nitrogen and oxygen atoms in total. The summed E-state index contributed by atoms with van der Waals surface area (Å²) in [6, 6.07) is 0. The molecule has 3 N–H and O–H groups in total. The molecule has 114 valence electrons. The van der Waals surface area contributed by atoms with Crippen molar-refractivity contribution in [1.29, 1.82) is 0 Å². The minimum Gasteiger partial charge on any atom is -0.396 e. The van der Waals surface area contributed by atoms with Crippen LogP contribution in [0, 0.1) is 17.3 Å². The first-order valence-electron chi connectivity index (χ1n) is 7.70. The van der Waals surface area contributed by atoms with Crippen LogP contribution in [0.4, 0.5) is 5.69 Å². The number of nitrogens with one attached hydrogen (secondary N) is 1. The zero-order valence-electron chi connectivity index (χ0n) is 12.8. The lowest BCUT2D eigenvalue weighted by Crippen LogP contribution is -2.48. The van der Waals surface area contributed by atoms with Crippen LogP contribution in [0.5, 0.6) is 0 Å². The second-order valence-corrected chi connectivity index (χ2v) is 6.89. The Labute approximate surface area is 125 Å². The second kappa shape index (κ2) is 5.20. The molecule has 5 heteroatoms. The number of allylic oxidation sites excluding steroid dienone is 1. The maximum absolute atomic E-state index is 11.8. The lowest BCUT2D eigenvalue weighted by molar-refractivity contribution is -0.121. The number of carbonyl (C=O) groups excluding carboxylic acids is 1. The summed E-state index contributed by atoms with van der Waals surface area (Å²) in [5.41, 5.74) is 8.15. The van der Waals surface area contributed by atoms with Crippen LogP contribution in [0.3, 0.4) is 0 Å². The van der Waals surface area contributed by atoms with Gasteiger partial charge in [0.25, 0.3) is 0 Å². The molecule has 0 unspecified atom stereocenters. The fourth-order valence-corrected chi connectivity index (χ4v) is 3.77. The van der Waals surface area contributed by atoms with Gasteiger partial charge in [-0.3, -0.25) is 9.48 Å². The Bertz CT molecular complexity index is 573. The Morgan fingerprint density at radius 1 is 1.57 bits per heavy atom. The molecule has 1 fully saturated rings. The van der Waals surface area contributed by atoms with Crippen molar-refractivity contribution in [1.82, 2.24) is 15.1 Å². The molecule has 3 aliphatic rings. The fraction of sp³-hybridized carbons (Fsp3) is 0.625. The summed E-state index contributed by atoms with van der Waals surface area (Å²) in [6.45, 7) is 5.69. The van der Waals surface area contributed by atoms with Gasteiger partial charge in [0.1, 0.15) is 6.54 Å². The second-order valence-electron chi connectivity index (χ2n) is 6.89. The zero-order chi connectivity index (χ0) is 15.0. The predicted octanol–water partition coefficient (Wildman–Crippen LogP) is 1.96. The van der Waals surface area contributed by atoms with Gasteiger partial charge in [-0.1, -0.05) is 25.5 Å². The van der Waals surface area contributed by atoms with E-state index in [1.165, 1.54) is 18.4 Å². The summed E-state index contributed by atoms with van der Waals surface area (Å²) >= 11 is 0. The summed E-state index contributed by atoms with van der Waals surface area (Å²) < 4.78 is 1.56. The predicted molar refractivity (Wildman–Crippen MR) is 82.3 cm³/mol. The fourth-order valence-electron chi connectivity index (χ4n) is 3.77. The van der Waals surface area contributed by atoms with Gasteiger partial charge < -0.3 is 11.1 Å². The molecule has 2 atom stereocenters. The quantitative estimate of drug-likeness (QED) is 0.814. The van der Waals surface area contributed by atoms with Gasteiger partial charge in [-0.2, -0.15) is 5.10 Å². The highest BCUT2D eigenvalue weighted by atomic mass is 16.2. The number of nitrogens with zero attached hydrogens (tertiary/aromatic N) is 2. The van der Waals surface area contributed by atoms with Crippen molar-refractivity contribution >= 4 is 11.6 Å². The first-order chi connectivity index (χ1) is 9.96. The number of carbonyl (C=O) groups is 1. The summed E-state index contributed by atoms with van der Waals surface area (Å²) in [4.78, 5) is 11.8. The summed E-state index contributed by atoms with van der Waals surface area (Å²) in [5, 5.41) is 6.98. The van der Waals surface area contributed by atoms with E-state index in [-0.39, 0.29) is 12.5 Å². The molecule has 0 spiro atoms. The highest BCUT2D eigenvalue weighted by molar-refractivity contribution is 5.75. The van der Waals surface area contributed by atoms with E-state index in [1.54, 1.807) is 17.1 Å². The van der Waals surface area contributed by atoms with Crippen LogP contribution in [0.2, 0.25) is 0 Å². The minimum atomic E-state index is -0.0137. The maximum atomic E-state index is 11.8. The lowest BCUT2D eigenvalue weighted by Gasteiger charge is -2.56. The van der Waals surface area contributed by atoms with E-state index < -0.39 is 0 Å². The first kappa shape index (κ1) is 14.2. The van der Waals surface area contributed by atoms with Crippen molar-refractivity contribution in [3.05, 3.63) is 24.0 Å². The number of amides is 1. The van der Waals surface area contributed by atoms with Crippen molar-refractivity contribution in [3.8, 4) is 0 Å². The molecular formula is C16H24N4O. The van der Waals surface area contributed by atoms with Crippen LogP contribution in [0.25, 0.3) is 0 Å². The maximum Gasteiger partial charge on any atom is 0.241 e. The van der Waals surface area contributed by atoms with Crippen molar-refractivity contribution in [2.45, 2.75) is 39.7 Å². The zero-order valence-corrected chi connectivity index (χ0v) is 12.8. The monoisotopic (exact) mass is 288 g/mol. The number of anilines is 1. The van der Waals surface area contributed by atoms with Gasteiger partial charge >= 0.3 is 0 Å². The third-order valence-electron chi connectivity index (χ3n) is 5.28. The van der Waals surface area contributed by atoms with E-state index in [2.05, 4.69) is 30.3 Å². The Morgan fingerprint density at radius 2 is 2.38 bits per heavy atom. The largest absolute Gasteiger partial charge is 0.396 e. The Balaban J connectivity index is 1.44. The Hall–Kier alpha value is -1.78. The van der Waals surface area contributed by atoms with Crippen molar-refractivity contribution in [2.24, 2.45) is 17.3 Å². The van der Waals surface area contributed by atoms with E-state index in [0.29, 0.717) is 17.6 Å². The standard InChI is InChI=1S/C16H24N4O/c1-16(2)12-4-3-11(14(16)7-12)5-6-18-15(21)10-20-9-13(17)8-19-20/h3,8-9,12,14H,4-7,10,17H2,1-2H3,(H,18,21)/t12-,14-/m0/s1. The van der Waals surface area contributed by atoms with Crippen LogP contribution >= 0.6 is 0 Å². The lowest BCUT2D eigenvalue weighted by atomic mass is 9.48. The van der Waals surface area contributed by atoms with Gasteiger partial charge in [0, 0.05) is 12.7 Å². The van der Waals surface area contributed by atoms with Crippen molar-refractivity contribution in [2.75, 3.05) is 12.3 Å². The molecule has 0 radical (unpaired) electrons. The Kier molecular flexibility index (Phi) is 3.51. The van der Waals surface area contributed by atoms with Crippen LogP contribution in [-0.2, 0) is 11.3 Å². The highest BCUT2D eigenvalue weighted by Gasteiger charge is 2.50. The molecule has 0 saturated heterocycles. The molecule has 1 amide bonds. The average molecular weight is 288 g/mol. The average Bonchev–Trinajstić information content (AvgIpc) is 2.84. The molecule has 2 bridgehead atoms. The van der Waals surface area contributed by atoms with Crippen LogP contribution in [-0.4, -0.2) is 22.2 Å². The molecule has 3 aliphatic carbocycles. The third kappa shape index (κ3) is 2.69. The van der Waals surface area contributed by atoms with E-state index in [0.717, 1.165) is 18.3 Å². The summed E-state index contributed by atoms with van der Waals surface area (Å²) in [6.07, 6.45) is 9.12. The van der Waals surface area contributed by atoms with Gasteiger partial charge in [-0.15, -0.1) is 0 Å². The van der Waals surface area contributed by atoms with Crippen molar-refractivity contribution in [3.63, 3.8) is 0 Å². The normalized spacial score (nSPS) is 25.9. The van der Waals surface area contributed by atoms with Crippen molar-refractivity contribution < 1.29 is 4.79 Å². The van der Waals surface area contributed by atoms with Crippen LogP contribution in [0.1, 0.15) is 33.1 Å². The number of hydrogen-bond donors (Lipinski definition) is 2. The summed E-state index contributed by atoms with van der Waals surface area (Å²) in [5.74, 6) is 1.57. The van der Waals surface area contributed by atoms with Crippen LogP contribution in [0.15, 0.2) is 24.0 Å². The number of nitrogens with two attached hydrogens (primary N) is 1. The number of rotatable bonds is 5. The number of aromatic nitrogens is 2. The molecule has 0 aliphatic heterocycles. The minimum absolute atomic E-state index is 0.0137. The topological polar surface area (TPSA) is 72.9 Å². The van der Waals surface area contributed by atoms with E-state index in [1.807, 2.05) is 0 Å². The molecule has 4 rings (SSSR count).